The molecule has 2 aliphatic rings. The number of unbranched alkanes of at least 4 members (excludes halogenated alkanes) is 1. The average molecular weight is 270 g/mol. The normalized spacial score (nSPS) is 22.8. The molecule has 18 heavy (non-hydrogen) atoms. The van der Waals surface area contributed by atoms with Crippen LogP contribution in [0.25, 0.3) is 0 Å². The Morgan fingerprint density at radius 1 is 1.28 bits per heavy atom. The second kappa shape index (κ2) is 7.39. The van der Waals surface area contributed by atoms with E-state index in [1.54, 1.807) is 7.11 Å². The number of methoxy groups -OCH3 is 1. The molecule has 2 rings (SSSR count). The van der Waals surface area contributed by atoms with Crippen molar-refractivity contribution in [3.05, 3.63) is 0 Å². The number of aliphatic imine (C=N–C) groups is 1. The molecule has 0 aromatic rings. The van der Waals surface area contributed by atoms with Crippen molar-refractivity contribution < 1.29 is 4.74 Å². The van der Waals surface area contributed by atoms with Crippen molar-refractivity contribution in [2.24, 2.45) is 10.4 Å². The first kappa shape index (κ1) is 14.2. The second-order valence-electron chi connectivity index (χ2n) is 5.60. The molecule has 0 unspecified atom stereocenters. The molecule has 1 heterocycles. The van der Waals surface area contributed by atoms with Gasteiger partial charge in [-0.25, -0.2) is 0 Å². The fraction of sp³-hybridized carbons (Fsp3) is 0.929. The fourth-order valence-electron chi connectivity index (χ4n) is 2.83. The summed E-state index contributed by atoms with van der Waals surface area (Å²) in [6, 6.07) is 0. The summed E-state index contributed by atoms with van der Waals surface area (Å²) < 4.78 is 5.05. The van der Waals surface area contributed by atoms with Crippen molar-refractivity contribution in [2.45, 2.75) is 44.9 Å². The van der Waals surface area contributed by atoms with Crippen molar-refractivity contribution in [3.63, 3.8) is 0 Å². The summed E-state index contributed by atoms with van der Waals surface area (Å²) >= 11 is 1.94. The summed E-state index contributed by atoms with van der Waals surface area (Å²) in [7, 11) is 1.76. The number of amidine groups is 1. The molecule has 0 radical (unpaired) electrons. The van der Waals surface area contributed by atoms with Gasteiger partial charge < -0.3 is 10.1 Å². The van der Waals surface area contributed by atoms with Crippen molar-refractivity contribution in [3.8, 4) is 0 Å². The maximum Gasteiger partial charge on any atom is 0.156 e. The van der Waals surface area contributed by atoms with Crippen LogP contribution in [0.1, 0.15) is 44.9 Å². The fourth-order valence-corrected chi connectivity index (χ4v) is 4.01. The molecule has 1 spiro atoms. The van der Waals surface area contributed by atoms with Crippen LogP contribution in [-0.2, 0) is 4.74 Å². The zero-order valence-electron chi connectivity index (χ0n) is 11.5. The van der Waals surface area contributed by atoms with E-state index in [4.69, 9.17) is 9.73 Å². The van der Waals surface area contributed by atoms with Crippen LogP contribution in [0.3, 0.4) is 0 Å². The molecule has 1 aliphatic carbocycles. The molecular weight excluding hydrogens is 244 g/mol. The van der Waals surface area contributed by atoms with Gasteiger partial charge in [-0.3, -0.25) is 4.99 Å². The highest BCUT2D eigenvalue weighted by Gasteiger charge is 2.34. The van der Waals surface area contributed by atoms with E-state index in [0.717, 1.165) is 26.1 Å². The summed E-state index contributed by atoms with van der Waals surface area (Å²) in [5.74, 6) is 1.27. The van der Waals surface area contributed by atoms with E-state index >= 15 is 0 Å². The highest BCUT2D eigenvalue weighted by molar-refractivity contribution is 8.13. The third-order valence-corrected chi connectivity index (χ3v) is 5.34. The first-order valence-corrected chi connectivity index (χ1v) is 8.23. The van der Waals surface area contributed by atoms with E-state index in [1.807, 2.05) is 11.8 Å². The van der Waals surface area contributed by atoms with Gasteiger partial charge >= 0.3 is 0 Å². The van der Waals surface area contributed by atoms with Crippen LogP contribution < -0.4 is 5.32 Å². The molecular formula is C14H26N2OS. The summed E-state index contributed by atoms with van der Waals surface area (Å²) in [4.78, 5) is 4.76. The van der Waals surface area contributed by atoms with Gasteiger partial charge in [0, 0.05) is 32.6 Å². The highest BCUT2D eigenvalue weighted by Crippen LogP contribution is 2.41. The minimum absolute atomic E-state index is 0.546. The Morgan fingerprint density at radius 2 is 2.11 bits per heavy atom. The van der Waals surface area contributed by atoms with Crippen molar-refractivity contribution in [1.82, 2.24) is 5.32 Å². The lowest BCUT2D eigenvalue weighted by molar-refractivity contribution is 0.193. The van der Waals surface area contributed by atoms with E-state index < -0.39 is 0 Å². The summed E-state index contributed by atoms with van der Waals surface area (Å²) in [5.41, 5.74) is 0.546. The third-order valence-electron chi connectivity index (χ3n) is 4.04. The maximum atomic E-state index is 5.05. The van der Waals surface area contributed by atoms with Gasteiger partial charge in [-0.1, -0.05) is 31.0 Å². The SMILES string of the molecule is COCCCCNC1=NCC2(CCCCC2)CS1. The van der Waals surface area contributed by atoms with Crippen molar-refractivity contribution in [2.75, 3.05) is 32.6 Å². The quantitative estimate of drug-likeness (QED) is 0.780. The lowest BCUT2D eigenvalue weighted by Gasteiger charge is -2.38. The zero-order chi connectivity index (χ0) is 12.7. The van der Waals surface area contributed by atoms with E-state index in [9.17, 15) is 0 Å². The predicted molar refractivity (Wildman–Crippen MR) is 79.4 cm³/mol. The standard InChI is InChI=1S/C14H26N2OS/c1-17-10-6-5-9-15-13-16-11-14(12-18-13)7-3-2-4-8-14/h2-12H2,1H3,(H,15,16). The monoisotopic (exact) mass is 270 g/mol. The number of hydrogen-bond donors (Lipinski definition) is 1. The van der Waals surface area contributed by atoms with Gasteiger partial charge in [0.25, 0.3) is 0 Å². The van der Waals surface area contributed by atoms with Gasteiger partial charge in [0.1, 0.15) is 0 Å². The van der Waals surface area contributed by atoms with Gasteiger partial charge in [-0.15, -0.1) is 0 Å². The van der Waals surface area contributed by atoms with Gasteiger partial charge in [-0.2, -0.15) is 0 Å². The molecule has 0 amide bonds. The number of rotatable bonds is 5. The Labute approximate surface area is 115 Å². The molecule has 0 aromatic heterocycles. The van der Waals surface area contributed by atoms with Crippen LogP contribution in [0, 0.1) is 5.41 Å². The molecule has 0 atom stereocenters. The number of nitrogens with zero attached hydrogens (tertiary/aromatic N) is 1. The molecule has 0 aromatic carbocycles. The summed E-state index contributed by atoms with van der Waals surface area (Å²) in [6.07, 6.45) is 9.34. The number of nitrogens with one attached hydrogen (secondary N) is 1. The van der Waals surface area contributed by atoms with Crippen LogP contribution in [0.2, 0.25) is 0 Å². The Balaban J connectivity index is 1.66. The van der Waals surface area contributed by atoms with Gasteiger partial charge in [0.15, 0.2) is 5.17 Å². The lowest BCUT2D eigenvalue weighted by atomic mass is 9.75. The Morgan fingerprint density at radius 3 is 2.78 bits per heavy atom. The first-order valence-electron chi connectivity index (χ1n) is 7.25. The molecule has 1 N–H and O–H groups in total. The zero-order valence-corrected chi connectivity index (χ0v) is 12.4. The number of hydrogen-bond acceptors (Lipinski definition) is 4. The topological polar surface area (TPSA) is 33.6 Å². The molecule has 0 bridgehead atoms. The van der Waals surface area contributed by atoms with Crippen LogP contribution in [0.4, 0.5) is 0 Å². The van der Waals surface area contributed by atoms with Crippen LogP contribution in [-0.4, -0.2) is 37.7 Å². The Kier molecular flexibility index (Phi) is 5.83. The van der Waals surface area contributed by atoms with E-state index in [2.05, 4.69) is 5.32 Å². The molecule has 1 fully saturated rings. The smallest absolute Gasteiger partial charge is 0.156 e. The van der Waals surface area contributed by atoms with Gasteiger partial charge in [0.2, 0.25) is 0 Å². The summed E-state index contributed by atoms with van der Waals surface area (Å²) in [6.45, 7) is 2.95. The van der Waals surface area contributed by atoms with Gasteiger partial charge in [-0.05, 0) is 31.1 Å². The summed E-state index contributed by atoms with van der Waals surface area (Å²) in [5, 5.41) is 4.63. The molecule has 0 saturated heterocycles. The minimum Gasteiger partial charge on any atom is -0.385 e. The Hall–Kier alpha value is -0.220. The average Bonchev–Trinajstić information content (AvgIpc) is 2.42. The molecule has 1 saturated carbocycles. The van der Waals surface area contributed by atoms with E-state index in [0.29, 0.717) is 5.41 Å². The molecule has 104 valence electrons. The predicted octanol–water partition coefficient (Wildman–Crippen LogP) is 3.06. The van der Waals surface area contributed by atoms with Crippen LogP contribution in [0.15, 0.2) is 4.99 Å². The number of thioether (sulfide) groups is 1. The van der Waals surface area contributed by atoms with Crippen molar-refractivity contribution >= 4 is 16.9 Å². The molecule has 1 aliphatic heterocycles. The van der Waals surface area contributed by atoms with Crippen LogP contribution >= 0.6 is 11.8 Å². The van der Waals surface area contributed by atoms with Crippen molar-refractivity contribution in [1.29, 1.82) is 0 Å². The highest BCUT2D eigenvalue weighted by atomic mass is 32.2. The van der Waals surface area contributed by atoms with Gasteiger partial charge in [0.05, 0.1) is 0 Å². The largest absolute Gasteiger partial charge is 0.385 e. The minimum atomic E-state index is 0.546. The number of ether oxygens (including phenoxy) is 1. The van der Waals surface area contributed by atoms with Crippen LogP contribution in [0.5, 0.6) is 0 Å². The lowest BCUT2D eigenvalue weighted by Crippen LogP contribution is -2.37. The first-order chi connectivity index (χ1) is 8.85. The van der Waals surface area contributed by atoms with E-state index in [1.165, 1.54) is 49.4 Å². The molecule has 3 nitrogen and oxygen atoms in total. The Bertz CT molecular complexity index is 275. The maximum absolute atomic E-state index is 5.05. The third kappa shape index (κ3) is 4.16. The molecule has 4 heteroatoms. The van der Waals surface area contributed by atoms with E-state index in [-0.39, 0.29) is 0 Å². The second-order valence-corrected chi connectivity index (χ2v) is 6.56.